The van der Waals surface area contributed by atoms with E-state index in [4.69, 9.17) is 9.47 Å². The molecule has 36 heavy (non-hydrogen) atoms. The molecular weight excluding hydrogens is 465 g/mol. The van der Waals surface area contributed by atoms with E-state index in [1.807, 2.05) is 30.3 Å². The summed E-state index contributed by atoms with van der Waals surface area (Å²) in [5, 5.41) is 6.73. The Morgan fingerprint density at radius 1 is 1.08 bits per heavy atom. The second-order valence-electron chi connectivity index (χ2n) is 8.01. The molecule has 3 aromatic rings. The zero-order valence-electron chi connectivity index (χ0n) is 19.4. The van der Waals surface area contributed by atoms with Gasteiger partial charge in [0.1, 0.15) is 11.7 Å². The monoisotopic (exact) mass is 489 g/mol. The minimum absolute atomic E-state index is 0.181. The van der Waals surface area contributed by atoms with Crippen LogP contribution in [0.5, 0.6) is 11.5 Å². The molecule has 0 bridgehead atoms. The molecule has 0 radical (unpaired) electrons. The summed E-state index contributed by atoms with van der Waals surface area (Å²) >= 11 is 0. The zero-order chi connectivity index (χ0) is 25.5. The fourth-order valence-electron chi connectivity index (χ4n) is 3.88. The second kappa shape index (κ2) is 11.3. The summed E-state index contributed by atoms with van der Waals surface area (Å²) in [6.45, 7) is 2.47. The number of hydrazone groups is 1. The van der Waals surface area contributed by atoms with Crippen molar-refractivity contribution >= 4 is 24.0 Å². The van der Waals surface area contributed by atoms with Crippen LogP contribution in [0.25, 0.3) is 0 Å². The third kappa shape index (κ3) is 5.75. The van der Waals surface area contributed by atoms with Gasteiger partial charge in [0.15, 0.2) is 11.5 Å². The van der Waals surface area contributed by atoms with Crippen molar-refractivity contribution < 1.29 is 28.2 Å². The van der Waals surface area contributed by atoms with Crippen LogP contribution in [0.3, 0.4) is 0 Å². The molecule has 4 rings (SSSR count). The fraction of sp³-hybridized carbons (Fsp3) is 0.185. The highest BCUT2D eigenvalue weighted by Gasteiger charge is 2.40. The largest absolute Gasteiger partial charge is 0.490 e. The lowest BCUT2D eigenvalue weighted by Crippen LogP contribution is -2.34. The van der Waals surface area contributed by atoms with Gasteiger partial charge in [0.05, 0.1) is 18.4 Å². The predicted molar refractivity (Wildman–Crippen MR) is 130 cm³/mol. The molecule has 2 unspecified atom stereocenters. The molecule has 8 nitrogen and oxygen atoms in total. The first-order valence-corrected chi connectivity index (χ1v) is 11.4. The maximum Gasteiger partial charge on any atom is 0.343 e. The molecule has 3 aromatic carbocycles. The van der Waals surface area contributed by atoms with Crippen LogP contribution in [0.2, 0.25) is 0 Å². The quantitative estimate of drug-likeness (QED) is 0.166. The van der Waals surface area contributed by atoms with E-state index in [1.54, 1.807) is 19.1 Å². The van der Waals surface area contributed by atoms with E-state index in [9.17, 15) is 18.8 Å². The minimum atomic E-state index is -0.892. The number of halogens is 1. The van der Waals surface area contributed by atoms with E-state index in [-0.39, 0.29) is 23.1 Å². The van der Waals surface area contributed by atoms with Crippen molar-refractivity contribution in [3.8, 4) is 11.5 Å². The molecule has 2 amide bonds. The van der Waals surface area contributed by atoms with E-state index in [0.717, 1.165) is 5.56 Å². The summed E-state index contributed by atoms with van der Waals surface area (Å²) in [6, 6.07) is 19.1. The van der Waals surface area contributed by atoms with Crippen LogP contribution < -0.4 is 20.2 Å². The van der Waals surface area contributed by atoms with Crippen LogP contribution in [-0.4, -0.2) is 37.1 Å². The van der Waals surface area contributed by atoms with E-state index >= 15 is 0 Å². The number of ether oxygens (including phenoxy) is 2. The van der Waals surface area contributed by atoms with Crippen LogP contribution in [-0.2, 0) is 9.59 Å². The Balaban J connectivity index is 1.43. The molecule has 1 fully saturated rings. The van der Waals surface area contributed by atoms with Crippen LogP contribution in [0.15, 0.2) is 77.9 Å². The first-order chi connectivity index (χ1) is 17.5. The SMILES string of the molecule is CCOc1cc(/C=N\NC(=O)C2C(=O)NCC2c2ccccc2)ccc1OC(=O)c1ccc(F)cc1. The molecule has 0 aliphatic carbocycles. The highest BCUT2D eigenvalue weighted by molar-refractivity contribution is 6.03. The molecule has 1 aliphatic heterocycles. The van der Waals surface area contributed by atoms with Crippen molar-refractivity contribution in [1.29, 1.82) is 0 Å². The molecule has 1 aliphatic rings. The fourth-order valence-corrected chi connectivity index (χ4v) is 3.88. The van der Waals surface area contributed by atoms with E-state index in [0.29, 0.717) is 24.5 Å². The van der Waals surface area contributed by atoms with Gasteiger partial charge in [0.2, 0.25) is 5.91 Å². The number of benzene rings is 3. The van der Waals surface area contributed by atoms with Gasteiger partial charge in [-0.15, -0.1) is 0 Å². The first-order valence-electron chi connectivity index (χ1n) is 11.4. The zero-order valence-corrected chi connectivity index (χ0v) is 19.4. The van der Waals surface area contributed by atoms with Gasteiger partial charge in [-0.2, -0.15) is 5.10 Å². The van der Waals surface area contributed by atoms with Gasteiger partial charge in [0.25, 0.3) is 5.91 Å². The second-order valence-corrected chi connectivity index (χ2v) is 8.01. The van der Waals surface area contributed by atoms with Crippen molar-refractivity contribution in [3.05, 3.63) is 95.3 Å². The van der Waals surface area contributed by atoms with Gasteiger partial charge in [-0.25, -0.2) is 14.6 Å². The maximum absolute atomic E-state index is 13.1. The van der Waals surface area contributed by atoms with Crippen molar-refractivity contribution in [1.82, 2.24) is 10.7 Å². The Bertz CT molecular complexity index is 1280. The number of nitrogens with zero attached hydrogens (tertiary/aromatic N) is 1. The third-order valence-electron chi connectivity index (χ3n) is 5.63. The highest BCUT2D eigenvalue weighted by atomic mass is 19.1. The molecule has 2 atom stereocenters. The van der Waals surface area contributed by atoms with Crippen molar-refractivity contribution in [2.45, 2.75) is 12.8 Å². The number of carbonyl (C=O) groups is 3. The summed E-state index contributed by atoms with van der Waals surface area (Å²) in [6.07, 6.45) is 1.40. The summed E-state index contributed by atoms with van der Waals surface area (Å²) < 4.78 is 24.1. The Hall–Kier alpha value is -4.53. The summed E-state index contributed by atoms with van der Waals surface area (Å²) in [7, 11) is 0. The van der Waals surface area contributed by atoms with Crippen molar-refractivity contribution in [2.75, 3.05) is 13.2 Å². The lowest BCUT2D eigenvalue weighted by Gasteiger charge is -2.15. The molecule has 9 heteroatoms. The van der Waals surface area contributed by atoms with Gasteiger partial charge < -0.3 is 14.8 Å². The van der Waals surface area contributed by atoms with Crippen LogP contribution in [0, 0.1) is 11.7 Å². The Labute approximate surface area is 207 Å². The number of rotatable bonds is 8. The number of hydrogen-bond acceptors (Lipinski definition) is 6. The van der Waals surface area contributed by atoms with Gasteiger partial charge in [0, 0.05) is 12.5 Å². The molecule has 0 aromatic heterocycles. The molecule has 0 spiro atoms. The third-order valence-corrected chi connectivity index (χ3v) is 5.63. The number of carbonyl (C=O) groups excluding carboxylic acids is 3. The molecule has 1 saturated heterocycles. The first kappa shape index (κ1) is 24.6. The van der Waals surface area contributed by atoms with Crippen molar-refractivity contribution in [3.63, 3.8) is 0 Å². The molecule has 2 N–H and O–H groups in total. The molecule has 0 saturated carbocycles. The van der Waals surface area contributed by atoms with Gasteiger partial charge >= 0.3 is 5.97 Å². The summed E-state index contributed by atoms with van der Waals surface area (Å²) in [5.74, 6) is -2.67. The van der Waals surface area contributed by atoms with Gasteiger partial charge in [-0.1, -0.05) is 30.3 Å². The average molecular weight is 490 g/mol. The highest BCUT2D eigenvalue weighted by Crippen LogP contribution is 2.30. The van der Waals surface area contributed by atoms with Crippen LogP contribution >= 0.6 is 0 Å². The van der Waals surface area contributed by atoms with Crippen LogP contribution in [0.4, 0.5) is 4.39 Å². The van der Waals surface area contributed by atoms with Gasteiger partial charge in [-0.05, 0) is 60.5 Å². The van der Waals surface area contributed by atoms with Crippen molar-refractivity contribution in [2.24, 2.45) is 11.0 Å². The lowest BCUT2D eigenvalue weighted by molar-refractivity contribution is -0.133. The Kier molecular flexibility index (Phi) is 7.69. The smallest absolute Gasteiger partial charge is 0.343 e. The summed E-state index contributed by atoms with van der Waals surface area (Å²) in [4.78, 5) is 37.4. The van der Waals surface area contributed by atoms with E-state index < -0.39 is 23.6 Å². The summed E-state index contributed by atoms with van der Waals surface area (Å²) in [5.41, 5.74) is 4.09. The van der Waals surface area contributed by atoms with Crippen LogP contribution in [0.1, 0.15) is 34.3 Å². The predicted octanol–water partition coefficient (Wildman–Crippen LogP) is 3.42. The molecular formula is C27H24FN3O5. The van der Waals surface area contributed by atoms with E-state index in [1.165, 1.54) is 36.5 Å². The molecule has 184 valence electrons. The number of esters is 1. The maximum atomic E-state index is 13.1. The topological polar surface area (TPSA) is 106 Å². The number of hydrogen-bond donors (Lipinski definition) is 2. The Morgan fingerprint density at radius 3 is 2.56 bits per heavy atom. The number of amides is 2. The number of nitrogens with one attached hydrogen (secondary N) is 2. The molecule has 1 heterocycles. The standard InChI is InChI=1S/C27H24FN3O5/c1-2-35-23-14-17(8-13-22(23)36-27(34)19-9-11-20(28)12-10-19)15-30-31-26(33)24-21(16-29-25(24)32)18-6-4-3-5-7-18/h3-15,21,24H,2,16H2,1H3,(H,29,32)(H,31,33)/b30-15-. The lowest BCUT2D eigenvalue weighted by atomic mass is 9.88. The van der Waals surface area contributed by atoms with E-state index in [2.05, 4.69) is 15.8 Å². The minimum Gasteiger partial charge on any atom is -0.490 e. The average Bonchev–Trinajstić information content (AvgIpc) is 3.28. The van der Waals surface area contributed by atoms with Gasteiger partial charge in [-0.3, -0.25) is 9.59 Å². The Morgan fingerprint density at radius 2 is 1.83 bits per heavy atom. The normalized spacial score (nSPS) is 17.0.